The summed E-state index contributed by atoms with van der Waals surface area (Å²) in [6, 6.07) is 4.04. The zero-order valence-corrected chi connectivity index (χ0v) is 12.5. The molecule has 2 heterocycles. The highest BCUT2D eigenvalue weighted by molar-refractivity contribution is 5.75. The average Bonchev–Trinajstić information content (AvgIpc) is 2.41. The Morgan fingerprint density at radius 2 is 2.00 bits per heavy atom. The molecule has 110 valence electrons. The van der Waals surface area contributed by atoms with E-state index in [1.54, 1.807) is 11.3 Å². The van der Waals surface area contributed by atoms with Gasteiger partial charge in [0, 0.05) is 45.1 Å². The van der Waals surface area contributed by atoms with E-state index in [4.69, 9.17) is 4.84 Å². The van der Waals surface area contributed by atoms with E-state index >= 15 is 0 Å². The quantitative estimate of drug-likeness (QED) is 0.841. The molecule has 1 aromatic heterocycles. The fourth-order valence-electron chi connectivity index (χ4n) is 1.98. The zero-order chi connectivity index (χ0) is 14.6. The molecule has 0 spiro atoms. The Hall–Kier alpha value is -1.46. The third kappa shape index (κ3) is 4.28. The van der Waals surface area contributed by atoms with E-state index in [1.807, 2.05) is 33.0 Å². The van der Waals surface area contributed by atoms with E-state index in [1.165, 1.54) is 5.56 Å². The van der Waals surface area contributed by atoms with E-state index in [-0.39, 0.29) is 5.97 Å². The predicted molar refractivity (Wildman–Crippen MR) is 76.6 cm³/mol. The van der Waals surface area contributed by atoms with Gasteiger partial charge in [-0.05, 0) is 32.4 Å². The van der Waals surface area contributed by atoms with Crippen molar-refractivity contribution in [1.29, 1.82) is 0 Å². The fourth-order valence-corrected chi connectivity index (χ4v) is 1.98. The number of hydrogen-bond acceptors (Lipinski definition) is 5. The monoisotopic (exact) mass is 277 g/mol. The number of carbonyl (C=O) groups is 1. The van der Waals surface area contributed by atoms with Crippen molar-refractivity contribution in [2.75, 3.05) is 26.2 Å². The summed E-state index contributed by atoms with van der Waals surface area (Å²) < 4.78 is 0. The van der Waals surface area contributed by atoms with Gasteiger partial charge in [-0.2, -0.15) is 0 Å². The average molecular weight is 277 g/mol. The number of pyridine rings is 1. The maximum atomic E-state index is 11.8. The molecule has 0 N–H and O–H groups in total. The Bertz CT molecular complexity index is 434. The Morgan fingerprint density at radius 1 is 1.30 bits per heavy atom. The summed E-state index contributed by atoms with van der Waals surface area (Å²) in [5.41, 5.74) is 0.764. The largest absolute Gasteiger partial charge is 0.367 e. The number of nitrogens with zero attached hydrogens (tertiary/aromatic N) is 3. The van der Waals surface area contributed by atoms with Crippen LogP contribution in [0.1, 0.15) is 26.3 Å². The molecule has 0 unspecified atom stereocenters. The minimum atomic E-state index is -0.452. The van der Waals surface area contributed by atoms with Gasteiger partial charge in [0.1, 0.15) is 0 Å². The van der Waals surface area contributed by atoms with Crippen molar-refractivity contribution in [3.63, 3.8) is 0 Å². The lowest BCUT2D eigenvalue weighted by Crippen LogP contribution is -2.47. The third-order valence-corrected chi connectivity index (χ3v) is 3.28. The lowest BCUT2D eigenvalue weighted by atomic mass is 9.98. The second kappa shape index (κ2) is 6.33. The number of hydrogen-bond donors (Lipinski definition) is 0. The van der Waals surface area contributed by atoms with Crippen molar-refractivity contribution >= 4 is 5.97 Å². The molecule has 2 rings (SSSR count). The summed E-state index contributed by atoms with van der Waals surface area (Å²) >= 11 is 0. The molecule has 0 bridgehead atoms. The number of aromatic nitrogens is 1. The van der Waals surface area contributed by atoms with E-state index in [0.29, 0.717) is 0 Å². The van der Waals surface area contributed by atoms with Crippen LogP contribution in [0.4, 0.5) is 0 Å². The molecule has 1 saturated heterocycles. The van der Waals surface area contributed by atoms with Gasteiger partial charge in [-0.3, -0.25) is 9.88 Å². The van der Waals surface area contributed by atoms with Gasteiger partial charge in [-0.1, -0.05) is 6.07 Å². The molecule has 0 aliphatic carbocycles. The van der Waals surface area contributed by atoms with Crippen molar-refractivity contribution in [3.05, 3.63) is 30.1 Å². The van der Waals surface area contributed by atoms with Crippen molar-refractivity contribution in [3.8, 4) is 0 Å². The van der Waals surface area contributed by atoms with Crippen LogP contribution < -0.4 is 0 Å². The maximum Gasteiger partial charge on any atom is 0.330 e. The Balaban J connectivity index is 1.77. The topological polar surface area (TPSA) is 45.7 Å². The van der Waals surface area contributed by atoms with Crippen LogP contribution in [0.5, 0.6) is 0 Å². The van der Waals surface area contributed by atoms with Crippen molar-refractivity contribution in [1.82, 2.24) is 14.9 Å². The first-order chi connectivity index (χ1) is 9.45. The smallest absolute Gasteiger partial charge is 0.330 e. The first kappa shape index (κ1) is 14.9. The summed E-state index contributed by atoms with van der Waals surface area (Å²) in [6.07, 6.45) is 3.68. The van der Waals surface area contributed by atoms with Crippen LogP contribution in [0, 0.1) is 5.41 Å². The van der Waals surface area contributed by atoms with E-state index in [2.05, 4.69) is 16.0 Å². The molecule has 0 saturated carbocycles. The lowest BCUT2D eigenvalue weighted by molar-refractivity contribution is -0.207. The summed E-state index contributed by atoms with van der Waals surface area (Å²) in [6.45, 7) is 9.80. The van der Waals surface area contributed by atoms with Crippen molar-refractivity contribution in [2.24, 2.45) is 5.41 Å². The zero-order valence-electron chi connectivity index (χ0n) is 12.5. The van der Waals surface area contributed by atoms with E-state index in [9.17, 15) is 4.79 Å². The normalized spacial score (nSPS) is 17.9. The van der Waals surface area contributed by atoms with Crippen LogP contribution in [0.2, 0.25) is 0 Å². The Kier molecular flexibility index (Phi) is 4.73. The minimum Gasteiger partial charge on any atom is -0.367 e. The standard InChI is InChI=1S/C15H23N3O2/c1-15(2,3)14(19)20-18-9-7-17(8-10-18)12-13-5-4-6-16-11-13/h4-6,11H,7-10,12H2,1-3H3. The molecule has 0 atom stereocenters. The molecule has 20 heavy (non-hydrogen) atoms. The molecule has 1 aliphatic heterocycles. The second-order valence-corrected chi connectivity index (χ2v) is 6.20. The Morgan fingerprint density at radius 3 is 2.55 bits per heavy atom. The molecular formula is C15H23N3O2. The van der Waals surface area contributed by atoms with Crippen LogP contribution in [-0.4, -0.2) is 47.1 Å². The van der Waals surface area contributed by atoms with Crippen LogP contribution in [0.25, 0.3) is 0 Å². The lowest BCUT2D eigenvalue weighted by Gasteiger charge is -2.34. The molecule has 0 radical (unpaired) electrons. The van der Waals surface area contributed by atoms with Crippen LogP contribution in [0.3, 0.4) is 0 Å². The maximum absolute atomic E-state index is 11.8. The highest BCUT2D eigenvalue weighted by atomic mass is 16.7. The van der Waals surface area contributed by atoms with Crippen LogP contribution in [0.15, 0.2) is 24.5 Å². The fraction of sp³-hybridized carbons (Fsp3) is 0.600. The van der Waals surface area contributed by atoms with Gasteiger partial charge in [0.05, 0.1) is 5.41 Å². The molecular weight excluding hydrogens is 254 g/mol. The van der Waals surface area contributed by atoms with Gasteiger partial charge >= 0.3 is 5.97 Å². The van der Waals surface area contributed by atoms with E-state index in [0.717, 1.165) is 32.7 Å². The van der Waals surface area contributed by atoms with Crippen LogP contribution in [-0.2, 0) is 16.2 Å². The third-order valence-electron chi connectivity index (χ3n) is 3.28. The second-order valence-electron chi connectivity index (χ2n) is 6.20. The highest BCUT2D eigenvalue weighted by Crippen LogP contribution is 2.17. The number of rotatable bonds is 3. The summed E-state index contributed by atoms with van der Waals surface area (Å²) in [5.74, 6) is -0.168. The first-order valence-electron chi connectivity index (χ1n) is 7.04. The van der Waals surface area contributed by atoms with Crippen LogP contribution >= 0.6 is 0 Å². The summed E-state index contributed by atoms with van der Waals surface area (Å²) in [4.78, 5) is 23.7. The number of piperazine rings is 1. The van der Waals surface area contributed by atoms with Gasteiger partial charge in [-0.15, -0.1) is 5.06 Å². The SMILES string of the molecule is CC(C)(C)C(=O)ON1CCN(Cc2cccnc2)CC1. The van der Waals surface area contributed by atoms with Crippen molar-refractivity contribution < 1.29 is 9.63 Å². The molecule has 1 aliphatic rings. The molecule has 0 amide bonds. The summed E-state index contributed by atoms with van der Waals surface area (Å²) in [7, 11) is 0. The van der Waals surface area contributed by atoms with Gasteiger partial charge in [-0.25, -0.2) is 4.79 Å². The number of carbonyl (C=O) groups excluding carboxylic acids is 1. The Labute approximate surface area is 120 Å². The van der Waals surface area contributed by atoms with Gasteiger partial charge in [0.25, 0.3) is 0 Å². The number of hydroxylamine groups is 2. The molecule has 1 aromatic rings. The molecule has 5 heteroatoms. The van der Waals surface area contributed by atoms with Gasteiger partial charge in [0.15, 0.2) is 0 Å². The molecule has 0 aromatic carbocycles. The van der Waals surface area contributed by atoms with Gasteiger partial charge in [0.2, 0.25) is 0 Å². The van der Waals surface area contributed by atoms with Gasteiger partial charge < -0.3 is 4.84 Å². The first-order valence-corrected chi connectivity index (χ1v) is 7.04. The molecule has 5 nitrogen and oxygen atoms in total. The highest BCUT2D eigenvalue weighted by Gasteiger charge is 2.27. The predicted octanol–water partition coefficient (Wildman–Crippen LogP) is 1.70. The summed E-state index contributed by atoms with van der Waals surface area (Å²) in [5, 5.41) is 1.77. The van der Waals surface area contributed by atoms with Crippen molar-refractivity contribution in [2.45, 2.75) is 27.3 Å². The minimum absolute atomic E-state index is 0.168. The van der Waals surface area contributed by atoms with E-state index < -0.39 is 5.41 Å². The molecule has 1 fully saturated rings.